The largest absolute Gasteiger partial charge is 0.405 e. The van der Waals surface area contributed by atoms with Gasteiger partial charge < -0.3 is 16.2 Å². The fourth-order valence-corrected chi connectivity index (χ4v) is 0.786. The Morgan fingerprint density at radius 1 is 1.40 bits per heavy atom. The second kappa shape index (κ2) is 5.74. The van der Waals surface area contributed by atoms with Crippen molar-refractivity contribution < 1.29 is 27.1 Å². The number of alkyl halides is 5. The molecule has 0 radical (unpaired) electrons. The van der Waals surface area contributed by atoms with Gasteiger partial charge in [0.15, 0.2) is 0 Å². The summed E-state index contributed by atoms with van der Waals surface area (Å²) in [6, 6.07) is 0. The van der Waals surface area contributed by atoms with Crippen molar-refractivity contribution in [1.29, 1.82) is 0 Å². The number of aliphatic hydroxyl groups is 1. The summed E-state index contributed by atoms with van der Waals surface area (Å²) >= 11 is 0. The molecule has 0 amide bonds. The van der Waals surface area contributed by atoms with E-state index in [0.29, 0.717) is 6.20 Å². The van der Waals surface area contributed by atoms with Crippen LogP contribution < -0.4 is 11.1 Å². The van der Waals surface area contributed by atoms with Crippen molar-refractivity contribution in [2.75, 3.05) is 6.54 Å². The van der Waals surface area contributed by atoms with Gasteiger partial charge in [-0.15, -0.1) is 0 Å². The van der Waals surface area contributed by atoms with E-state index >= 15 is 0 Å². The Morgan fingerprint density at radius 2 is 1.93 bits per heavy atom. The summed E-state index contributed by atoms with van der Waals surface area (Å²) in [5.74, 6) is 0. The fourth-order valence-electron chi connectivity index (χ4n) is 0.786. The molecule has 0 aliphatic heterocycles. The van der Waals surface area contributed by atoms with Crippen molar-refractivity contribution in [3.63, 3.8) is 0 Å². The average molecular weight is 234 g/mol. The van der Waals surface area contributed by atoms with Gasteiger partial charge in [-0.25, -0.2) is 8.78 Å². The molecule has 8 heteroatoms. The van der Waals surface area contributed by atoms with E-state index in [1.807, 2.05) is 0 Å². The van der Waals surface area contributed by atoms with Gasteiger partial charge in [0, 0.05) is 12.6 Å². The SMILES string of the molecule is N/C=C(\NCC(F)(F)F)C(O)CC(F)F. The highest BCUT2D eigenvalue weighted by Gasteiger charge is 2.28. The zero-order chi connectivity index (χ0) is 12.1. The lowest BCUT2D eigenvalue weighted by molar-refractivity contribution is -0.124. The van der Waals surface area contributed by atoms with Crippen LogP contribution in [0.15, 0.2) is 11.9 Å². The Kier molecular flexibility index (Phi) is 5.34. The molecule has 1 atom stereocenters. The molecule has 4 N–H and O–H groups in total. The predicted octanol–water partition coefficient (Wildman–Crippen LogP) is 0.955. The molecule has 0 aromatic rings. The number of rotatable bonds is 5. The summed E-state index contributed by atoms with van der Waals surface area (Å²) in [6.07, 6.45) is -9.37. The highest BCUT2D eigenvalue weighted by atomic mass is 19.4. The minimum Gasteiger partial charge on any atom is -0.403 e. The van der Waals surface area contributed by atoms with Crippen LogP contribution in [0.1, 0.15) is 6.42 Å². The van der Waals surface area contributed by atoms with Gasteiger partial charge in [0.25, 0.3) is 0 Å². The monoisotopic (exact) mass is 234 g/mol. The average Bonchev–Trinajstić information content (AvgIpc) is 2.01. The zero-order valence-corrected chi connectivity index (χ0v) is 7.56. The van der Waals surface area contributed by atoms with E-state index in [-0.39, 0.29) is 0 Å². The molecule has 15 heavy (non-hydrogen) atoms. The lowest BCUT2D eigenvalue weighted by Gasteiger charge is -2.17. The summed E-state index contributed by atoms with van der Waals surface area (Å²) in [6.45, 7) is -1.43. The van der Waals surface area contributed by atoms with Gasteiger partial charge in [-0.05, 0) is 0 Å². The standard InChI is InChI=1S/C7H11F5N2O/c8-6(9)1-5(15)4(2-13)14-3-7(10,11)12/h2,5-6,14-15H,1,3,13H2/b4-2-. The van der Waals surface area contributed by atoms with Crippen LogP contribution in [0.2, 0.25) is 0 Å². The second-order valence-corrected chi connectivity index (χ2v) is 2.73. The van der Waals surface area contributed by atoms with Crippen LogP contribution in [0.5, 0.6) is 0 Å². The van der Waals surface area contributed by atoms with E-state index in [1.165, 1.54) is 0 Å². The number of aliphatic hydroxyl groups excluding tert-OH is 1. The first-order valence-corrected chi connectivity index (χ1v) is 3.95. The molecular weight excluding hydrogens is 223 g/mol. The van der Waals surface area contributed by atoms with Gasteiger partial charge in [0.05, 0.1) is 5.70 Å². The summed E-state index contributed by atoms with van der Waals surface area (Å²) in [5.41, 5.74) is 4.42. The fraction of sp³-hybridized carbons (Fsp3) is 0.714. The summed E-state index contributed by atoms with van der Waals surface area (Å²) in [7, 11) is 0. The molecule has 0 bridgehead atoms. The third-order valence-corrected chi connectivity index (χ3v) is 1.43. The lowest BCUT2D eigenvalue weighted by Crippen LogP contribution is -2.34. The molecule has 0 aromatic heterocycles. The summed E-state index contributed by atoms with van der Waals surface area (Å²) < 4.78 is 58.7. The molecule has 0 aromatic carbocycles. The number of hydrogen-bond acceptors (Lipinski definition) is 3. The van der Waals surface area contributed by atoms with Gasteiger partial charge in [0.2, 0.25) is 6.43 Å². The molecule has 0 fully saturated rings. The molecule has 90 valence electrons. The first-order valence-electron chi connectivity index (χ1n) is 3.95. The maximum atomic E-state index is 11.8. The van der Waals surface area contributed by atoms with E-state index in [1.54, 1.807) is 5.32 Å². The van der Waals surface area contributed by atoms with Crippen molar-refractivity contribution in [3.05, 3.63) is 11.9 Å². The van der Waals surface area contributed by atoms with Gasteiger partial charge >= 0.3 is 6.18 Å². The topological polar surface area (TPSA) is 58.3 Å². The Morgan fingerprint density at radius 3 is 2.27 bits per heavy atom. The van der Waals surface area contributed by atoms with Crippen LogP contribution in [-0.4, -0.2) is 30.4 Å². The molecule has 3 nitrogen and oxygen atoms in total. The molecule has 0 rings (SSSR count). The van der Waals surface area contributed by atoms with Crippen molar-refractivity contribution in [2.45, 2.75) is 25.1 Å². The maximum absolute atomic E-state index is 11.8. The molecular formula is C7H11F5N2O. The Labute approximate surface area is 82.8 Å². The summed E-state index contributed by atoms with van der Waals surface area (Å²) in [4.78, 5) is 0. The molecule has 0 aliphatic carbocycles. The van der Waals surface area contributed by atoms with Crippen LogP contribution in [0.25, 0.3) is 0 Å². The van der Waals surface area contributed by atoms with E-state index in [9.17, 15) is 22.0 Å². The Balaban J connectivity index is 4.15. The van der Waals surface area contributed by atoms with E-state index in [0.717, 1.165) is 0 Å². The molecule has 0 saturated carbocycles. The van der Waals surface area contributed by atoms with Crippen LogP contribution in [0.3, 0.4) is 0 Å². The van der Waals surface area contributed by atoms with Gasteiger partial charge in [0.1, 0.15) is 12.6 Å². The van der Waals surface area contributed by atoms with Crippen LogP contribution >= 0.6 is 0 Å². The Hall–Kier alpha value is -1.05. The smallest absolute Gasteiger partial charge is 0.403 e. The number of hydrogen-bond donors (Lipinski definition) is 3. The molecule has 1 unspecified atom stereocenters. The van der Waals surface area contributed by atoms with E-state index < -0.39 is 37.4 Å². The molecule has 0 heterocycles. The Bertz CT molecular complexity index is 216. The minimum absolute atomic E-state index is 0.465. The minimum atomic E-state index is -4.50. The number of nitrogens with one attached hydrogen (secondary N) is 1. The highest BCUT2D eigenvalue weighted by Crippen LogP contribution is 2.15. The third-order valence-electron chi connectivity index (χ3n) is 1.43. The van der Waals surface area contributed by atoms with Crippen LogP contribution in [0, 0.1) is 0 Å². The maximum Gasteiger partial charge on any atom is 0.405 e. The lowest BCUT2D eigenvalue weighted by atomic mass is 10.2. The van der Waals surface area contributed by atoms with Crippen molar-refractivity contribution >= 4 is 0 Å². The van der Waals surface area contributed by atoms with Gasteiger partial charge in [-0.3, -0.25) is 0 Å². The quantitative estimate of drug-likeness (QED) is 0.621. The van der Waals surface area contributed by atoms with Crippen molar-refractivity contribution in [2.24, 2.45) is 5.73 Å². The summed E-state index contributed by atoms with van der Waals surface area (Å²) in [5, 5.41) is 10.8. The van der Waals surface area contributed by atoms with Crippen LogP contribution in [0.4, 0.5) is 22.0 Å². The highest BCUT2D eigenvalue weighted by molar-refractivity contribution is 5.04. The van der Waals surface area contributed by atoms with Gasteiger partial charge in [-0.1, -0.05) is 0 Å². The van der Waals surface area contributed by atoms with Crippen LogP contribution in [-0.2, 0) is 0 Å². The van der Waals surface area contributed by atoms with E-state index in [4.69, 9.17) is 10.8 Å². The first-order chi connectivity index (χ1) is 6.76. The molecule has 0 saturated heterocycles. The van der Waals surface area contributed by atoms with Crippen molar-refractivity contribution in [1.82, 2.24) is 5.32 Å². The second-order valence-electron chi connectivity index (χ2n) is 2.73. The van der Waals surface area contributed by atoms with Crippen molar-refractivity contribution in [3.8, 4) is 0 Å². The molecule has 0 aliphatic rings. The zero-order valence-electron chi connectivity index (χ0n) is 7.56. The number of halogens is 5. The first kappa shape index (κ1) is 13.9. The normalized spacial score (nSPS) is 15.5. The van der Waals surface area contributed by atoms with E-state index in [2.05, 4.69) is 0 Å². The predicted molar refractivity (Wildman–Crippen MR) is 43.0 cm³/mol. The molecule has 0 spiro atoms. The number of nitrogens with two attached hydrogens (primary N) is 1. The van der Waals surface area contributed by atoms with Gasteiger partial charge in [-0.2, -0.15) is 13.2 Å². The third kappa shape index (κ3) is 6.95.